The van der Waals surface area contributed by atoms with Gasteiger partial charge in [-0.15, -0.1) is 0 Å². The van der Waals surface area contributed by atoms with Crippen LogP contribution in [0.4, 0.5) is 11.4 Å². The third-order valence-electron chi connectivity index (χ3n) is 6.47. The maximum absolute atomic E-state index is 13.8. The first kappa shape index (κ1) is 33.5. The number of sulfonamides is 2. The van der Waals surface area contributed by atoms with E-state index in [0.29, 0.717) is 25.7 Å². The molecule has 0 unspecified atom stereocenters. The second-order valence-electron chi connectivity index (χ2n) is 9.46. The van der Waals surface area contributed by atoms with Crippen LogP contribution in [-0.4, -0.2) is 71.3 Å². The number of carbonyl (C=O) groups is 2. The number of anilines is 2. The molecule has 0 fully saturated rings. The van der Waals surface area contributed by atoms with E-state index >= 15 is 0 Å². The number of rotatable bonds is 15. The Labute approximate surface area is 265 Å². The lowest BCUT2D eigenvalue weighted by atomic mass is 10.2. The van der Waals surface area contributed by atoms with Crippen LogP contribution in [0.5, 0.6) is 17.2 Å². The molecule has 1 aromatic heterocycles. The highest BCUT2D eigenvalue weighted by molar-refractivity contribution is 7.93. The fourth-order valence-electron chi connectivity index (χ4n) is 4.23. The van der Waals surface area contributed by atoms with E-state index in [9.17, 15) is 36.6 Å². The summed E-state index contributed by atoms with van der Waals surface area (Å²) in [5.74, 6) is -2.48. The van der Waals surface area contributed by atoms with Crippen molar-refractivity contribution in [3.8, 4) is 17.2 Å². The van der Waals surface area contributed by atoms with Crippen molar-refractivity contribution < 1.29 is 50.8 Å². The molecule has 0 saturated carbocycles. The van der Waals surface area contributed by atoms with E-state index in [1.54, 1.807) is 12.1 Å². The van der Waals surface area contributed by atoms with Crippen LogP contribution >= 0.6 is 0 Å². The number of ether oxygens (including phenoxy) is 3. The van der Waals surface area contributed by atoms with E-state index in [1.807, 2.05) is 0 Å². The number of hydrogen-bond acceptors (Lipinski definition) is 10. The van der Waals surface area contributed by atoms with Gasteiger partial charge in [0.15, 0.2) is 0 Å². The van der Waals surface area contributed by atoms with Crippen LogP contribution in [0.2, 0.25) is 0 Å². The van der Waals surface area contributed by atoms with E-state index in [2.05, 4.69) is 4.98 Å². The Bertz CT molecular complexity index is 1900. The topological polar surface area (TPSA) is 190 Å². The van der Waals surface area contributed by atoms with Gasteiger partial charge in [-0.2, -0.15) is 0 Å². The lowest BCUT2D eigenvalue weighted by Crippen LogP contribution is -2.37. The maximum Gasteiger partial charge on any atom is 0.324 e. The fraction of sp³-hybridized carbons (Fsp3) is 0.167. The van der Waals surface area contributed by atoms with E-state index in [-0.39, 0.29) is 33.5 Å². The van der Waals surface area contributed by atoms with Crippen molar-refractivity contribution in [2.24, 2.45) is 0 Å². The molecule has 4 rings (SSSR count). The second kappa shape index (κ2) is 14.2. The van der Waals surface area contributed by atoms with Gasteiger partial charge >= 0.3 is 11.9 Å². The summed E-state index contributed by atoms with van der Waals surface area (Å²) in [6.07, 6.45) is 3.01. The molecule has 2 N–H and O–H groups in total. The van der Waals surface area contributed by atoms with Gasteiger partial charge in [-0.1, -0.05) is 6.07 Å². The standard InChI is InChI=1S/C30H29N3O11S2/c1-42-23-6-10-25(11-7-23)45(38,39)32(18-29(34)35)22-5-14-27(28(16-22)44-20-21-4-3-15-31-17-21)33(19-30(36)37)46(40,41)26-12-8-24(43-2)9-13-26/h3-17H,18-20H2,1-2H3,(H,34,35)(H,36,37). The molecule has 0 aliphatic carbocycles. The first-order chi connectivity index (χ1) is 21.9. The van der Waals surface area contributed by atoms with Crippen molar-refractivity contribution >= 4 is 43.4 Å². The highest BCUT2D eigenvalue weighted by Gasteiger charge is 2.32. The van der Waals surface area contributed by atoms with E-state index in [0.717, 1.165) is 18.2 Å². The summed E-state index contributed by atoms with van der Waals surface area (Å²) in [5, 5.41) is 19.4. The SMILES string of the molecule is COc1ccc(S(=O)(=O)N(CC(=O)O)c2ccc(N(CC(=O)O)S(=O)(=O)c3ccc(OC)cc3)c(OCc3cccnc3)c2)cc1. The zero-order valence-corrected chi connectivity index (χ0v) is 26.1. The van der Waals surface area contributed by atoms with Crippen LogP contribution < -0.4 is 22.8 Å². The highest BCUT2D eigenvalue weighted by atomic mass is 32.2. The number of nitrogens with zero attached hydrogens (tertiary/aromatic N) is 3. The lowest BCUT2D eigenvalue weighted by Gasteiger charge is -2.28. The van der Waals surface area contributed by atoms with E-state index in [1.165, 1.54) is 75.1 Å². The number of aromatic nitrogens is 1. The van der Waals surface area contributed by atoms with Crippen LogP contribution in [-0.2, 0) is 36.2 Å². The molecule has 0 saturated heterocycles. The van der Waals surface area contributed by atoms with Crippen LogP contribution in [0.1, 0.15) is 5.56 Å². The molecule has 14 nitrogen and oxygen atoms in total. The molecule has 3 aromatic carbocycles. The molecular formula is C30H29N3O11S2. The molecular weight excluding hydrogens is 642 g/mol. The summed E-state index contributed by atoms with van der Waals surface area (Å²) in [5.41, 5.74) is 0.109. The quantitative estimate of drug-likeness (QED) is 0.188. The number of hydrogen-bond donors (Lipinski definition) is 2. The Balaban J connectivity index is 1.88. The van der Waals surface area contributed by atoms with Gasteiger partial charge in [0.05, 0.1) is 35.4 Å². The zero-order chi connectivity index (χ0) is 33.5. The fourth-order valence-corrected chi connectivity index (χ4v) is 7.07. The van der Waals surface area contributed by atoms with Gasteiger partial charge in [0.1, 0.15) is 36.9 Å². The molecule has 1 heterocycles. The zero-order valence-electron chi connectivity index (χ0n) is 24.5. The normalized spacial score (nSPS) is 11.3. The Morgan fingerprint density at radius 1 is 0.739 bits per heavy atom. The lowest BCUT2D eigenvalue weighted by molar-refractivity contribution is -0.136. The first-order valence-electron chi connectivity index (χ1n) is 13.3. The maximum atomic E-state index is 13.8. The van der Waals surface area contributed by atoms with Crippen LogP contribution in [0.25, 0.3) is 0 Å². The minimum atomic E-state index is -4.54. The number of carboxylic acid groups (broad SMARTS) is 2. The smallest absolute Gasteiger partial charge is 0.324 e. The Morgan fingerprint density at radius 3 is 1.74 bits per heavy atom. The monoisotopic (exact) mass is 671 g/mol. The summed E-state index contributed by atoms with van der Waals surface area (Å²) in [7, 11) is -6.24. The third kappa shape index (κ3) is 7.65. The number of aliphatic carboxylic acids is 2. The van der Waals surface area contributed by atoms with Crippen molar-refractivity contribution in [3.05, 3.63) is 96.8 Å². The van der Waals surface area contributed by atoms with Gasteiger partial charge < -0.3 is 24.4 Å². The number of methoxy groups -OCH3 is 2. The average molecular weight is 672 g/mol. The van der Waals surface area contributed by atoms with Gasteiger partial charge in [-0.25, -0.2) is 16.8 Å². The number of benzene rings is 3. The van der Waals surface area contributed by atoms with Crippen molar-refractivity contribution in [3.63, 3.8) is 0 Å². The Kier molecular flexibility index (Phi) is 10.3. The van der Waals surface area contributed by atoms with Crippen LogP contribution in [0, 0.1) is 0 Å². The van der Waals surface area contributed by atoms with Crippen molar-refractivity contribution in [1.29, 1.82) is 0 Å². The molecule has 0 aliphatic heterocycles. The summed E-state index contributed by atoms with van der Waals surface area (Å²) < 4.78 is 72.4. The van der Waals surface area contributed by atoms with Crippen LogP contribution in [0.3, 0.4) is 0 Å². The van der Waals surface area contributed by atoms with E-state index in [4.69, 9.17) is 14.2 Å². The van der Waals surface area contributed by atoms with Crippen LogP contribution in [0.15, 0.2) is 101 Å². The molecule has 16 heteroatoms. The number of carboxylic acids is 2. The molecule has 242 valence electrons. The predicted molar refractivity (Wildman–Crippen MR) is 165 cm³/mol. The van der Waals surface area contributed by atoms with Gasteiger partial charge in [0, 0.05) is 24.0 Å². The largest absolute Gasteiger partial charge is 0.497 e. The molecule has 0 aliphatic rings. The van der Waals surface area contributed by atoms with Crippen molar-refractivity contribution in [2.75, 3.05) is 35.9 Å². The molecule has 0 bridgehead atoms. The molecule has 4 aromatic rings. The second-order valence-corrected chi connectivity index (χ2v) is 13.2. The minimum absolute atomic E-state index is 0.183. The van der Waals surface area contributed by atoms with Crippen molar-refractivity contribution in [1.82, 2.24) is 4.98 Å². The highest BCUT2D eigenvalue weighted by Crippen LogP contribution is 2.38. The van der Waals surface area contributed by atoms with Gasteiger partial charge in [-0.05, 0) is 66.7 Å². The summed E-state index contributed by atoms with van der Waals surface area (Å²) in [6, 6.07) is 17.3. The summed E-state index contributed by atoms with van der Waals surface area (Å²) in [4.78, 5) is 27.3. The third-order valence-corrected chi connectivity index (χ3v) is 10.0. The first-order valence-corrected chi connectivity index (χ1v) is 16.2. The molecule has 0 spiro atoms. The molecule has 0 amide bonds. The van der Waals surface area contributed by atoms with Crippen molar-refractivity contribution in [2.45, 2.75) is 16.4 Å². The minimum Gasteiger partial charge on any atom is -0.497 e. The van der Waals surface area contributed by atoms with E-state index < -0.39 is 45.1 Å². The molecule has 0 atom stereocenters. The summed E-state index contributed by atoms with van der Waals surface area (Å²) in [6.45, 7) is -2.21. The summed E-state index contributed by atoms with van der Waals surface area (Å²) >= 11 is 0. The Morgan fingerprint density at radius 2 is 1.26 bits per heavy atom. The van der Waals surface area contributed by atoms with Gasteiger partial charge in [-0.3, -0.25) is 23.2 Å². The predicted octanol–water partition coefficient (Wildman–Crippen LogP) is 3.24. The van der Waals surface area contributed by atoms with Gasteiger partial charge in [0.25, 0.3) is 20.0 Å². The number of pyridine rings is 1. The average Bonchev–Trinajstić information content (AvgIpc) is 3.05. The Hall–Kier alpha value is -5.35. The molecule has 46 heavy (non-hydrogen) atoms. The molecule has 0 radical (unpaired) electrons. The van der Waals surface area contributed by atoms with Gasteiger partial charge in [0.2, 0.25) is 0 Å².